The molecule has 0 radical (unpaired) electrons. The van der Waals surface area contributed by atoms with Crippen molar-refractivity contribution in [2.75, 3.05) is 12.3 Å². The molecule has 4 heteroatoms. The molecule has 84 valence electrons. The van der Waals surface area contributed by atoms with Crippen molar-refractivity contribution in [2.24, 2.45) is 0 Å². The van der Waals surface area contributed by atoms with E-state index in [0.717, 1.165) is 12.8 Å². The van der Waals surface area contributed by atoms with Gasteiger partial charge in [0.05, 0.1) is 11.9 Å². The summed E-state index contributed by atoms with van der Waals surface area (Å²) in [5, 5.41) is 12.5. The van der Waals surface area contributed by atoms with Crippen LogP contribution in [-0.4, -0.2) is 34.7 Å². The van der Waals surface area contributed by atoms with Gasteiger partial charge in [0.25, 0.3) is 0 Å². The van der Waals surface area contributed by atoms with Gasteiger partial charge in [-0.3, -0.25) is 4.79 Å². The Bertz CT molecular complexity index is 162. The lowest BCUT2D eigenvalue weighted by Crippen LogP contribution is -2.33. The van der Waals surface area contributed by atoms with Crippen molar-refractivity contribution in [1.82, 2.24) is 5.32 Å². The zero-order valence-corrected chi connectivity index (χ0v) is 10.1. The molecule has 14 heavy (non-hydrogen) atoms. The number of carbonyl (C=O) groups is 1. The molecule has 1 atom stereocenters. The van der Waals surface area contributed by atoms with E-state index >= 15 is 0 Å². The molecule has 1 unspecified atom stereocenters. The number of carbonyl (C=O) groups excluding carboxylic acids is 1. The van der Waals surface area contributed by atoms with Crippen LogP contribution in [0.3, 0.4) is 0 Å². The van der Waals surface area contributed by atoms with Crippen molar-refractivity contribution in [3.8, 4) is 0 Å². The molecule has 3 nitrogen and oxygen atoms in total. The molecular formula is C10H21NO2S. The molecule has 2 N–H and O–H groups in total. The predicted octanol–water partition coefficient (Wildman–Crippen LogP) is 1.41. The van der Waals surface area contributed by atoms with Crippen LogP contribution in [0.25, 0.3) is 0 Å². The molecule has 0 bridgehead atoms. The van der Waals surface area contributed by atoms with Crippen molar-refractivity contribution in [2.45, 2.75) is 45.0 Å². The number of rotatable bonds is 7. The molecule has 0 spiro atoms. The first-order valence-corrected chi connectivity index (χ1v) is 6.17. The smallest absolute Gasteiger partial charge is 0.230 e. The second-order valence-corrected chi connectivity index (χ2v) is 5.17. The average Bonchev–Trinajstić information content (AvgIpc) is 2.12. The minimum absolute atomic E-state index is 0.0128. The fraction of sp³-hybridized carbons (Fsp3) is 0.900. The second kappa shape index (κ2) is 8.12. The summed E-state index contributed by atoms with van der Waals surface area (Å²) in [6.07, 6.45) is 1.29. The van der Waals surface area contributed by atoms with Crippen LogP contribution >= 0.6 is 11.8 Å². The lowest BCUT2D eigenvalue weighted by atomic mass is 10.2. The Balaban J connectivity index is 3.43. The van der Waals surface area contributed by atoms with Crippen molar-refractivity contribution in [1.29, 1.82) is 0 Å². The molecule has 0 saturated carbocycles. The molecule has 0 aromatic heterocycles. The van der Waals surface area contributed by atoms with Crippen LogP contribution in [-0.2, 0) is 4.79 Å². The lowest BCUT2D eigenvalue weighted by Gasteiger charge is -2.11. The summed E-state index contributed by atoms with van der Waals surface area (Å²) in [5.74, 6) is 0.495. The number of nitrogens with one attached hydrogen (secondary N) is 1. The third kappa shape index (κ3) is 8.38. The molecule has 0 fully saturated rings. The first-order chi connectivity index (χ1) is 6.56. The van der Waals surface area contributed by atoms with Gasteiger partial charge in [-0.05, 0) is 11.7 Å². The lowest BCUT2D eigenvalue weighted by molar-refractivity contribution is -0.119. The Kier molecular flexibility index (Phi) is 7.99. The monoisotopic (exact) mass is 219 g/mol. The SMILES string of the molecule is CCCC(O)CNC(=O)CSC(C)C. The predicted molar refractivity (Wildman–Crippen MR) is 61.5 cm³/mol. The second-order valence-electron chi connectivity index (χ2n) is 3.61. The highest BCUT2D eigenvalue weighted by molar-refractivity contribution is 8.00. The molecule has 0 heterocycles. The van der Waals surface area contributed by atoms with Crippen molar-refractivity contribution in [3.05, 3.63) is 0 Å². The third-order valence-corrected chi connectivity index (χ3v) is 2.80. The molecule has 0 aromatic rings. The fourth-order valence-corrected chi connectivity index (χ4v) is 1.55. The summed E-state index contributed by atoms with van der Waals surface area (Å²) in [6.45, 7) is 6.51. The van der Waals surface area contributed by atoms with Crippen molar-refractivity contribution >= 4 is 17.7 Å². The van der Waals surface area contributed by atoms with Gasteiger partial charge in [0.2, 0.25) is 5.91 Å². The van der Waals surface area contributed by atoms with Crippen LogP contribution in [0.5, 0.6) is 0 Å². The Hall–Kier alpha value is -0.220. The normalized spacial score (nSPS) is 12.9. The Labute approximate surface area is 90.7 Å². The largest absolute Gasteiger partial charge is 0.391 e. The van der Waals surface area contributed by atoms with Crippen LogP contribution < -0.4 is 5.32 Å². The van der Waals surface area contributed by atoms with E-state index in [4.69, 9.17) is 0 Å². The third-order valence-electron chi connectivity index (χ3n) is 1.70. The number of aliphatic hydroxyl groups is 1. The minimum atomic E-state index is -0.395. The van der Waals surface area contributed by atoms with Gasteiger partial charge in [0.15, 0.2) is 0 Å². The average molecular weight is 219 g/mol. The molecule has 0 aliphatic carbocycles. The van der Waals surface area contributed by atoms with E-state index in [1.165, 1.54) is 0 Å². The van der Waals surface area contributed by atoms with Crippen LogP contribution in [0.2, 0.25) is 0 Å². The highest BCUT2D eigenvalue weighted by Crippen LogP contribution is 2.07. The summed E-state index contributed by atoms with van der Waals surface area (Å²) in [5.41, 5.74) is 0. The van der Waals surface area contributed by atoms with E-state index in [2.05, 4.69) is 19.2 Å². The van der Waals surface area contributed by atoms with Gasteiger partial charge in [-0.25, -0.2) is 0 Å². The maximum atomic E-state index is 11.2. The summed E-state index contributed by atoms with van der Waals surface area (Å²) in [4.78, 5) is 11.2. The standard InChI is InChI=1S/C10H21NO2S/c1-4-5-9(12)6-11-10(13)7-14-8(2)3/h8-9,12H,4-7H2,1-3H3,(H,11,13). The van der Waals surface area contributed by atoms with Gasteiger partial charge in [0, 0.05) is 6.54 Å². The summed E-state index contributed by atoms with van der Waals surface area (Å²) >= 11 is 1.61. The summed E-state index contributed by atoms with van der Waals surface area (Å²) in [7, 11) is 0. The first kappa shape index (κ1) is 13.8. The Morgan fingerprint density at radius 1 is 1.50 bits per heavy atom. The zero-order chi connectivity index (χ0) is 11.0. The van der Waals surface area contributed by atoms with Crippen LogP contribution in [0.15, 0.2) is 0 Å². The molecule has 0 saturated heterocycles. The van der Waals surface area contributed by atoms with E-state index in [1.807, 2.05) is 6.92 Å². The van der Waals surface area contributed by atoms with E-state index in [1.54, 1.807) is 11.8 Å². The van der Waals surface area contributed by atoms with Gasteiger partial charge >= 0.3 is 0 Å². The van der Waals surface area contributed by atoms with E-state index in [0.29, 0.717) is 17.5 Å². The highest BCUT2D eigenvalue weighted by Gasteiger charge is 2.06. The molecule has 1 amide bonds. The van der Waals surface area contributed by atoms with Gasteiger partial charge in [0.1, 0.15) is 0 Å². The quantitative estimate of drug-likeness (QED) is 0.680. The topological polar surface area (TPSA) is 49.3 Å². The first-order valence-electron chi connectivity index (χ1n) is 5.12. The van der Waals surface area contributed by atoms with Crippen LogP contribution in [0.4, 0.5) is 0 Å². The molecule has 0 aromatic carbocycles. The van der Waals surface area contributed by atoms with E-state index in [-0.39, 0.29) is 5.91 Å². The molecule has 0 rings (SSSR count). The minimum Gasteiger partial charge on any atom is -0.391 e. The zero-order valence-electron chi connectivity index (χ0n) is 9.25. The Morgan fingerprint density at radius 3 is 2.64 bits per heavy atom. The number of hydrogen-bond donors (Lipinski definition) is 2. The van der Waals surface area contributed by atoms with Gasteiger partial charge in [-0.2, -0.15) is 0 Å². The maximum absolute atomic E-state index is 11.2. The number of aliphatic hydroxyl groups excluding tert-OH is 1. The van der Waals surface area contributed by atoms with E-state index < -0.39 is 6.10 Å². The van der Waals surface area contributed by atoms with E-state index in [9.17, 15) is 9.90 Å². The summed E-state index contributed by atoms with van der Waals surface area (Å²) < 4.78 is 0. The van der Waals surface area contributed by atoms with Crippen LogP contribution in [0.1, 0.15) is 33.6 Å². The highest BCUT2D eigenvalue weighted by atomic mass is 32.2. The molecule has 0 aliphatic rings. The number of thioether (sulfide) groups is 1. The molecular weight excluding hydrogens is 198 g/mol. The summed E-state index contributed by atoms with van der Waals surface area (Å²) in [6, 6.07) is 0. The number of amides is 1. The van der Waals surface area contributed by atoms with Gasteiger partial charge in [-0.15, -0.1) is 11.8 Å². The molecule has 0 aliphatic heterocycles. The fourth-order valence-electron chi connectivity index (χ4n) is 0.960. The Morgan fingerprint density at radius 2 is 2.14 bits per heavy atom. The van der Waals surface area contributed by atoms with Crippen molar-refractivity contribution in [3.63, 3.8) is 0 Å². The number of hydrogen-bond acceptors (Lipinski definition) is 3. The maximum Gasteiger partial charge on any atom is 0.230 e. The van der Waals surface area contributed by atoms with Gasteiger partial charge in [-0.1, -0.05) is 27.2 Å². The van der Waals surface area contributed by atoms with Crippen LogP contribution in [0, 0.1) is 0 Å². The van der Waals surface area contributed by atoms with Gasteiger partial charge < -0.3 is 10.4 Å². The van der Waals surface area contributed by atoms with Crippen molar-refractivity contribution < 1.29 is 9.90 Å².